The molecule has 0 aliphatic rings. The van der Waals surface area contributed by atoms with Crippen molar-refractivity contribution in [3.05, 3.63) is 36.0 Å². The topological polar surface area (TPSA) is 39.9 Å². The van der Waals surface area contributed by atoms with Gasteiger partial charge in [0.2, 0.25) is 5.88 Å². The molecule has 0 N–H and O–H groups in total. The molecule has 0 amide bonds. The first kappa shape index (κ1) is 9.71. The first-order valence-electron chi connectivity index (χ1n) is 4.93. The highest BCUT2D eigenvalue weighted by atomic mass is 16.5. The minimum absolute atomic E-state index is 0.612. The number of hydrogen-bond donors (Lipinski definition) is 0. The van der Waals surface area contributed by atoms with Crippen LogP contribution in [0.4, 0.5) is 0 Å². The van der Waals surface area contributed by atoms with E-state index in [4.69, 9.17) is 4.74 Å². The number of benzene rings is 1. The molecule has 0 fully saturated rings. The lowest BCUT2D eigenvalue weighted by Crippen LogP contribution is -2.02. The van der Waals surface area contributed by atoms with Crippen molar-refractivity contribution in [1.29, 1.82) is 0 Å². The smallest absolute Gasteiger partial charge is 0.240 e. The van der Waals surface area contributed by atoms with Crippen LogP contribution in [0.25, 0.3) is 5.69 Å². The second kappa shape index (κ2) is 4.13. The second-order valence-corrected chi connectivity index (χ2v) is 3.16. The molecule has 0 spiro atoms. The van der Waals surface area contributed by atoms with Crippen LogP contribution in [0, 0.1) is 6.92 Å². The van der Waals surface area contributed by atoms with E-state index in [0.29, 0.717) is 12.5 Å². The Bertz CT molecular complexity index is 436. The standard InChI is InChI=1S/C11H13N3O/c1-3-15-11-9(2)12-13-14(11)10-7-5-4-6-8-10/h4-8H,3H2,1-2H3. The Morgan fingerprint density at radius 1 is 1.27 bits per heavy atom. The minimum atomic E-state index is 0.612. The van der Waals surface area contributed by atoms with Crippen LogP contribution in [0.2, 0.25) is 0 Å². The van der Waals surface area contributed by atoms with Gasteiger partial charge in [-0.05, 0) is 26.0 Å². The second-order valence-electron chi connectivity index (χ2n) is 3.16. The molecule has 0 radical (unpaired) electrons. The van der Waals surface area contributed by atoms with Crippen molar-refractivity contribution in [3.63, 3.8) is 0 Å². The Morgan fingerprint density at radius 2 is 2.00 bits per heavy atom. The van der Waals surface area contributed by atoms with Gasteiger partial charge in [-0.2, -0.15) is 4.68 Å². The monoisotopic (exact) mass is 203 g/mol. The quantitative estimate of drug-likeness (QED) is 0.765. The molecule has 0 saturated carbocycles. The van der Waals surface area contributed by atoms with Crippen molar-refractivity contribution in [3.8, 4) is 11.6 Å². The molecule has 15 heavy (non-hydrogen) atoms. The molecule has 4 nitrogen and oxygen atoms in total. The number of hydrogen-bond acceptors (Lipinski definition) is 3. The van der Waals surface area contributed by atoms with Gasteiger partial charge in [-0.3, -0.25) is 0 Å². The maximum Gasteiger partial charge on any atom is 0.240 e. The fraction of sp³-hybridized carbons (Fsp3) is 0.273. The molecular formula is C11H13N3O. The molecule has 0 atom stereocenters. The van der Waals surface area contributed by atoms with Gasteiger partial charge in [0.25, 0.3) is 0 Å². The highest BCUT2D eigenvalue weighted by Gasteiger charge is 2.10. The first-order chi connectivity index (χ1) is 7.33. The third-order valence-electron chi connectivity index (χ3n) is 2.07. The summed E-state index contributed by atoms with van der Waals surface area (Å²) < 4.78 is 7.21. The summed E-state index contributed by atoms with van der Waals surface area (Å²) in [5.41, 5.74) is 1.77. The first-order valence-corrected chi connectivity index (χ1v) is 4.93. The highest BCUT2D eigenvalue weighted by molar-refractivity contribution is 5.35. The van der Waals surface area contributed by atoms with Crippen LogP contribution in [-0.2, 0) is 0 Å². The van der Waals surface area contributed by atoms with Crippen molar-refractivity contribution in [2.24, 2.45) is 0 Å². The van der Waals surface area contributed by atoms with E-state index in [2.05, 4.69) is 10.3 Å². The Hall–Kier alpha value is -1.84. The van der Waals surface area contributed by atoms with E-state index in [9.17, 15) is 0 Å². The van der Waals surface area contributed by atoms with E-state index in [1.807, 2.05) is 44.2 Å². The molecule has 0 saturated heterocycles. The predicted octanol–water partition coefficient (Wildman–Crippen LogP) is 1.97. The minimum Gasteiger partial charge on any atom is -0.477 e. The van der Waals surface area contributed by atoms with Crippen LogP contribution in [0.3, 0.4) is 0 Å². The van der Waals surface area contributed by atoms with Gasteiger partial charge in [0, 0.05) is 0 Å². The average Bonchev–Trinajstić information content (AvgIpc) is 2.63. The van der Waals surface area contributed by atoms with E-state index in [1.54, 1.807) is 4.68 Å². The van der Waals surface area contributed by atoms with E-state index >= 15 is 0 Å². The largest absolute Gasteiger partial charge is 0.477 e. The van der Waals surface area contributed by atoms with Gasteiger partial charge >= 0.3 is 0 Å². The molecule has 0 aliphatic carbocycles. The zero-order valence-electron chi connectivity index (χ0n) is 8.84. The fourth-order valence-electron chi connectivity index (χ4n) is 1.39. The van der Waals surface area contributed by atoms with Crippen molar-refractivity contribution in [1.82, 2.24) is 15.0 Å². The van der Waals surface area contributed by atoms with E-state index in [1.165, 1.54) is 0 Å². The number of ether oxygens (including phenoxy) is 1. The Balaban J connectivity index is 2.44. The van der Waals surface area contributed by atoms with Gasteiger partial charge in [0.1, 0.15) is 5.69 Å². The summed E-state index contributed by atoms with van der Waals surface area (Å²) in [7, 11) is 0. The number of nitrogens with zero attached hydrogens (tertiary/aromatic N) is 3. The van der Waals surface area contributed by atoms with Crippen LogP contribution >= 0.6 is 0 Å². The summed E-state index contributed by atoms with van der Waals surface area (Å²) in [6.45, 7) is 4.44. The molecule has 2 aromatic rings. The summed E-state index contributed by atoms with van der Waals surface area (Å²) in [5.74, 6) is 0.712. The van der Waals surface area contributed by atoms with Crippen molar-refractivity contribution >= 4 is 0 Å². The van der Waals surface area contributed by atoms with Crippen LogP contribution in [0.1, 0.15) is 12.6 Å². The van der Waals surface area contributed by atoms with Crippen LogP contribution in [-0.4, -0.2) is 21.6 Å². The number of aromatic nitrogens is 3. The van der Waals surface area contributed by atoms with Gasteiger partial charge in [0.05, 0.1) is 12.3 Å². The van der Waals surface area contributed by atoms with Crippen molar-refractivity contribution in [2.45, 2.75) is 13.8 Å². The molecule has 0 aliphatic heterocycles. The Morgan fingerprint density at radius 3 is 2.67 bits per heavy atom. The number of rotatable bonds is 3. The van der Waals surface area contributed by atoms with Crippen LogP contribution < -0.4 is 4.74 Å². The lowest BCUT2D eigenvalue weighted by molar-refractivity contribution is 0.314. The SMILES string of the molecule is CCOc1c(C)nnn1-c1ccccc1. The Kier molecular flexibility index (Phi) is 2.67. The predicted molar refractivity (Wildman–Crippen MR) is 57.3 cm³/mol. The molecular weight excluding hydrogens is 190 g/mol. The summed E-state index contributed by atoms with van der Waals surface area (Å²) >= 11 is 0. The molecule has 2 rings (SSSR count). The molecule has 0 unspecified atom stereocenters. The highest BCUT2D eigenvalue weighted by Crippen LogP contribution is 2.19. The molecule has 1 heterocycles. The molecule has 1 aromatic heterocycles. The lowest BCUT2D eigenvalue weighted by atomic mass is 10.3. The van der Waals surface area contributed by atoms with Crippen LogP contribution in [0.5, 0.6) is 5.88 Å². The van der Waals surface area contributed by atoms with Gasteiger partial charge in [-0.1, -0.05) is 23.4 Å². The maximum absolute atomic E-state index is 5.50. The van der Waals surface area contributed by atoms with Gasteiger partial charge in [0.15, 0.2) is 0 Å². The van der Waals surface area contributed by atoms with Gasteiger partial charge < -0.3 is 4.74 Å². The summed E-state index contributed by atoms with van der Waals surface area (Å²) in [6, 6.07) is 9.82. The lowest BCUT2D eigenvalue weighted by Gasteiger charge is -2.06. The third kappa shape index (κ3) is 1.83. The third-order valence-corrected chi connectivity index (χ3v) is 2.07. The van der Waals surface area contributed by atoms with E-state index in [0.717, 1.165) is 11.4 Å². The molecule has 1 aromatic carbocycles. The summed E-state index contributed by atoms with van der Waals surface area (Å²) in [5, 5.41) is 8.05. The van der Waals surface area contributed by atoms with Crippen LogP contribution in [0.15, 0.2) is 30.3 Å². The maximum atomic E-state index is 5.50. The average molecular weight is 203 g/mol. The zero-order chi connectivity index (χ0) is 10.7. The molecule has 78 valence electrons. The van der Waals surface area contributed by atoms with Crippen molar-refractivity contribution in [2.75, 3.05) is 6.61 Å². The molecule has 0 bridgehead atoms. The summed E-state index contributed by atoms with van der Waals surface area (Å²) in [4.78, 5) is 0. The Labute approximate surface area is 88.5 Å². The number of aryl methyl sites for hydroxylation is 1. The zero-order valence-corrected chi connectivity index (χ0v) is 8.84. The van der Waals surface area contributed by atoms with Gasteiger partial charge in [-0.25, -0.2) is 0 Å². The van der Waals surface area contributed by atoms with Crippen molar-refractivity contribution < 1.29 is 4.74 Å². The number of para-hydroxylation sites is 1. The fourth-order valence-corrected chi connectivity index (χ4v) is 1.39. The normalized spacial score (nSPS) is 10.3. The van der Waals surface area contributed by atoms with E-state index in [-0.39, 0.29) is 0 Å². The van der Waals surface area contributed by atoms with Gasteiger partial charge in [-0.15, -0.1) is 5.10 Å². The summed E-state index contributed by atoms with van der Waals surface area (Å²) in [6.07, 6.45) is 0. The van der Waals surface area contributed by atoms with E-state index < -0.39 is 0 Å². The molecule has 4 heteroatoms.